The van der Waals surface area contributed by atoms with E-state index in [9.17, 15) is 8.78 Å². The van der Waals surface area contributed by atoms with Gasteiger partial charge in [0.15, 0.2) is 0 Å². The van der Waals surface area contributed by atoms with E-state index in [0.29, 0.717) is 42.7 Å². The van der Waals surface area contributed by atoms with E-state index >= 15 is 0 Å². The minimum absolute atomic E-state index is 0.359. The van der Waals surface area contributed by atoms with Crippen LogP contribution in [-0.2, 0) is 0 Å². The number of ether oxygens (including phenoxy) is 1. The van der Waals surface area contributed by atoms with Crippen LogP contribution >= 0.6 is 31.9 Å². The van der Waals surface area contributed by atoms with Gasteiger partial charge in [0.25, 0.3) is 0 Å². The summed E-state index contributed by atoms with van der Waals surface area (Å²) in [5.41, 5.74) is 2.08. The van der Waals surface area contributed by atoms with Gasteiger partial charge in [-0.1, -0.05) is 80.4 Å². The van der Waals surface area contributed by atoms with Crippen molar-refractivity contribution in [3.8, 4) is 33.8 Å². The highest BCUT2D eigenvalue weighted by molar-refractivity contribution is 9.10. The molecule has 0 amide bonds. The van der Waals surface area contributed by atoms with E-state index in [1.54, 1.807) is 48.5 Å². The lowest BCUT2D eigenvalue weighted by Crippen LogP contribution is -1.93. The Balaban J connectivity index is 1.79. The fraction of sp³-hybridized carbons (Fsp3) is 0. The molecule has 0 aliphatic heterocycles. The van der Waals surface area contributed by atoms with Crippen LogP contribution in [0.4, 0.5) is 8.78 Å². The maximum atomic E-state index is 14.6. The Bertz CT molecular complexity index is 1100. The third-order valence-corrected chi connectivity index (χ3v) is 5.42. The summed E-state index contributed by atoms with van der Waals surface area (Å²) in [6.45, 7) is 0. The predicted octanol–water partition coefficient (Wildman–Crippen LogP) is 8.62. The minimum atomic E-state index is -0.359. The van der Waals surface area contributed by atoms with Gasteiger partial charge in [-0.2, -0.15) is 0 Å². The number of hydrogen-bond acceptors (Lipinski definition) is 1. The first kappa shape index (κ1) is 19.8. The maximum absolute atomic E-state index is 14.6. The summed E-state index contributed by atoms with van der Waals surface area (Å²) in [7, 11) is 0. The molecule has 0 atom stereocenters. The Morgan fingerprint density at radius 3 is 1.34 bits per heavy atom. The average Bonchev–Trinajstić information content (AvgIpc) is 2.70. The predicted molar refractivity (Wildman–Crippen MR) is 119 cm³/mol. The van der Waals surface area contributed by atoms with Crippen molar-refractivity contribution in [1.82, 2.24) is 0 Å². The number of halogens is 4. The van der Waals surface area contributed by atoms with E-state index in [1.807, 2.05) is 24.3 Å². The molecule has 0 aliphatic carbocycles. The summed E-state index contributed by atoms with van der Waals surface area (Å²) in [5, 5.41) is 0. The zero-order valence-electron chi connectivity index (χ0n) is 15.0. The Morgan fingerprint density at radius 2 is 0.931 bits per heavy atom. The second kappa shape index (κ2) is 8.47. The Hall–Kier alpha value is -2.50. The van der Waals surface area contributed by atoms with Crippen LogP contribution in [0.15, 0.2) is 93.9 Å². The molecule has 4 aromatic rings. The molecular weight excluding hydrogens is 502 g/mol. The van der Waals surface area contributed by atoms with Gasteiger partial charge in [-0.15, -0.1) is 0 Å². The summed E-state index contributed by atoms with van der Waals surface area (Å²) in [6.07, 6.45) is 0. The average molecular weight is 516 g/mol. The molecule has 0 heterocycles. The first-order chi connectivity index (χ1) is 14.0. The van der Waals surface area contributed by atoms with E-state index in [0.717, 1.165) is 0 Å². The van der Waals surface area contributed by atoms with Crippen molar-refractivity contribution in [2.45, 2.75) is 0 Å². The quantitative estimate of drug-likeness (QED) is 0.264. The summed E-state index contributed by atoms with van der Waals surface area (Å²) in [4.78, 5) is 0. The number of rotatable bonds is 4. The van der Waals surface area contributed by atoms with Crippen molar-refractivity contribution >= 4 is 31.9 Å². The van der Waals surface area contributed by atoms with Gasteiger partial charge in [-0.3, -0.25) is 0 Å². The van der Waals surface area contributed by atoms with Crippen LogP contribution < -0.4 is 4.74 Å². The first-order valence-corrected chi connectivity index (χ1v) is 10.4. The summed E-state index contributed by atoms with van der Waals surface area (Å²) in [5.74, 6) is 0.253. The zero-order chi connectivity index (χ0) is 20.4. The van der Waals surface area contributed by atoms with E-state index in [1.165, 1.54) is 12.1 Å². The van der Waals surface area contributed by atoms with Crippen LogP contribution in [0.1, 0.15) is 0 Å². The molecule has 0 saturated carbocycles. The van der Waals surface area contributed by atoms with Crippen molar-refractivity contribution in [3.05, 3.63) is 106 Å². The van der Waals surface area contributed by atoms with Gasteiger partial charge in [0.05, 0.1) is 0 Å². The number of para-hydroxylation sites is 2. The fourth-order valence-corrected chi connectivity index (χ4v) is 3.76. The largest absolute Gasteiger partial charge is 0.456 e. The van der Waals surface area contributed by atoms with Crippen LogP contribution in [0.3, 0.4) is 0 Å². The third-order valence-electron chi connectivity index (χ3n) is 4.44. The summed E-state index contributed by atoms with van der Waals surface area (Å²) >= 11 is 6.56. The van der Waals surface area contributed by atoms with Crippen LogP contribution in [0, 0.1) is 11.6 Å². The van der Waals surface area contributed by atoms with Gasteiger partial charge >= 0.3 is 0 Å². The molecule has 0 bridgehead atoms. The van der Waals surface area contributed by atoms with Gasteiger partial charge < -0.3 is 4.74 Å². The van der Waals surface area contributed by atoms with Crippen molar-refractivity contribution in [2.24, 2.45) is 0 Å². The van der Waals surface area contributed by atoms with Gasteiger partial charge in [0.1, 0.15) is 23.1 Å². The maximum Gasteiger partial charge on any atom is 0.135 e. The molecule has 0 spiro atoms. The number of benzene rings is 4. The van der Waals surface area contributed by atoms with Crippen LogP contribution in [-0.4, -0.2) is 0 Å². The lowest BCUT2D eigenvalue weighted by Gasteiger charge is -2.15. The van der Waals surface area contributed by atoms with E-state index < -0.39 is 0 Å². The molecule has 0 N–H and O–H groups in total. The Labute approximate surface area is 184 Å². The third kappa shape index (κ3) is 4.26. The second-order valence-electron chi connectivity index (χ2n) is 6.34. The molecule has 1 nitrogen and oxygen atoms in total. The van der Waals surface area contributed by atoms with Crippen molar-refractivity contribution in [1.29, 1.82) is 0 Å². The molecule has 0 aliphatic rings. The van der Waals surface area contributed by atoms with Gasteiger partial charge in [-0.25, -0.2) is 8.78 Å². The topological polar surface area (TPSA) is 9.23 Å². The van der Waals surface area contributed by atoms with Crippen LogP contribution in [0.2, 0.25) is 0 Å². The monoisotopic (exact) mass is 514 g/mol. The highest BCUT2D eigenvalue weighted by atomic mass is 79.9. The summed E-state index contributed by atoms with van der Waals surface area (Å²) in [6, 6.07) is 24.2. The van der Waals surface area contributed by atoms with Gasteiger partial charge in [-0.05, 0) is 36.4 Å². The molecule has 29 heavy (non-hydrogen) atoms. The standard InChI is InChI=1S/C24H14Br2F2O/c25-15-9-11-17(21(27)13-15)19-5-1-3-7-23(19)29-24-8-4-2-6-20(24)18-12-10-16(26)14-22(18)28/h1-14H. The second-order valence-corrected chi connectivity index (χ2v) is 8.17. The normalized spacial score (nSPS) is 10.8. The minimum Gasteiger partial charge on any atom is -0.456 e. The van der Waals surface area contributed by atoms with Gasteiger partial charge in [0.2, 0.25) is 0 Å². The number of hydrogen-bond donors (Lipinski definition) is 0. The Kier molecular flexibility index (Phi) is 5.79. The van der Waals surface area contributed by atoms with E-state index in [4.69, 9.17) is 4.74 Å². The highest BCUT2D eigenvalue weighted by Crippen LogP contribution is 2.39. The molecule has 0 radical (unpaired) electrons. The van der Waals surface area contributed by atoms with Crippen molar-refractivity contribution in [2.75, 3.05) is 0 Å². The molecule has 0 saturated heterocycles. The summed E-state index contributed by atoms with van der Waals surface area (Å²) < 4.78 is 36.6. The van der Waals surface area contributed by atoms with Crippen LogP contribution in [0.5, 0.6) is 11.5 Å². The molecular formula is C24H14Br2F2O. The van der Waals surface area contributed by atoms with Crippen molar-refractivity contribution in [3.63, 3.8) is 0 Å². The van der Waals surface area contributed by atoms with E-state index in [-0.39, 0.29) is 11.6 Å². The first-order valence-electron chi connectivity index (χ1n) is 8.79. The molecule has 0 unspecified atom stereocenters. The molecule has 0 aromatic heterocycles. The molecule has 4 aromatic carbocycles. The highest BCUT2D eigenvalue weighted by Gasteiger charge is 2.15. The van der Waals surface area contributed by atoms with Crippen LogP contribution in [0.25, 0.3) is 22.3 Å². The lowest BCUT2D eigenvalue weighted by atomic mass is 10.0. The SMILES string of the molecule is Fc1cc(Br)ccc1-c1ccccc1Oc1ccccc1-c1ccc(Br)cc1F. The smallest absolute Gasteiger partial charge is 0.135 e. The molecule has 144 valence electrons. The molecule has 4 rings (SSSR count). The Morgan fingerprint density at radius 1 is 0.517 bits per heavy atom. The van der Waals surface area contributed by atoms with Gasteiger partial charge in [0, 0.05) is 31.2 Å². The fourth-order valence-electron chi connectivity index (χ4n) is 3.09. The lowest BCUT2D eigenvalue weighted by molar-refractivity contribution is 0.485. The zero-order valence-corrected chi connectivity index (χ0v) is 18.2. The molecule has 0 fully saturated rings. The molecule has 5 heteroatoms. The van der Waals surface area contributed by atoms with E-state index in [2.05, 4.69) is 31.9 Å². The van der Waals surface area contributed by atoms with Crippen molar-refractivity contribution < 1.29 is 13.5 Å².